The molecule has 1 heteroatoms. The Morgan fingerprint density at radius 3 is 2.17 bits per heavy atom. The van der Waals surface area contributed by atoms with Crippen molar-refractivity contribution in [2.45, 2.75) is 33.1 Å². The minimum absolute atomic E-state index is 0.276. The van der Waals surface area contributed by atoms with Crippen LogP contribution in [0.15, 0.2) is 18.2 Å². The zero-order valence-corrected chi connectivity index (χ0v) is 8.73. The molecule has 0 atom stereocenters. The van der Waals surface area contributed by atoms with Gasteiger partial charge >= 0.3 is 0 Å². The van der Waals surface area contributed by atoms with Crippen molar-refractivity contribution in [1.29, 1.82) is 0 Å². The quantitative estimate of drug-likeness (QED) is 0.505. The molecule has 0 aromatic heterocycles. The number of aryl methyl sites for hydroxylation is 1. The third-order valence-electron chi connectivity index (χ3n) is 2.37. The van der Waals surface area contributed by atoms with Gasteiger partial charge in [0.25, 0.3) is 0 Å². The lowest BCUT2D eigenvalue weighted by Crippen LogP contribution is -2.16. The van der Waals surface area contributed by atoms with Crippen LogP contribution in [0.1, 0.15) is 31.9 Å². The molecule has 1 aromatic carbocycles. The van der Waals surface area contributed by atoms with Crippen LogP contribution in [-0.4, -0.2) is 7.85 Å². The highest BCUT2D eigenvalue weighted by atomic mass is 14.2. The summed E-state index contributed by atoms with van der Waals surface area (Å²) in [6.45, 7) is 8.90. The summed E-state index contributed by atoms with van der Waals surface area (Å²) in [5.74, 6) is 0. The van der Waals surface area contributed by atoms with Gasteiger partial charge in [-0.15, -0.1) is 0 Å². The summed E-state index contributed by atoms with van der Waals surface area (Å²) in [6, 6.07) is 6.72. The number of hydrogen-bond acceptors (Lipinski definition) is 0. The second-order valence-electron chi connectivity index (χ2n) is 4.55. The van der Waals surface area contributed by atoms with E-state index in [4.69, 9.17) is 0 Å². The van der Waals surface area contributed by atoms with Gasteiger partial charge in [0.1, 0.15) is 7.85 Å². The highest BCUT2D eigenvalue weighted by Gasteiger charge is 2.13. The molecule has 0 heterocycles. The molecule has 0 unspecified atom stereocenters. The Kier molecular flexibility index (Phi) is 2.32. The SMILES string of the molecule is Bc1cc(C(C)(C)C)ccc1C. The Hall–Kier alpha value is -0.715. The highest BCUT2D eigenvalue weighted by Crippen LogP contribution is 2.20. The number of hydrogen-bond donors (Lipinski definition) is 0. The van der Waals surface area contributed by atoms with Crippen LogP contribution in [0, 0.1) is 6.92 Å². The summed E-state index contributed by atoms with van der Waals surface area (Å²) >= 11 is 0. The molecule has 0 saturated heterocycles. The standard InChI is InChI=1S/C11H17B/c1-8-5-6-9(7-10(8)12)11(2,3)4/h5-7H,12H2,1-4H3. The van der Waals surface area contributed by atoms with Crippen LogP contribution in [0.4, 0.5) is 0 Å². The second-order valence-corrected chi connectivity index (χ2v) is 4.55. The van der Waals surface area contributed by atoms with Crippen molar-refractivity contribution in [2.24, 2.45) is 0 Å². The summed E-state index contributed by atoms with van der Waals surface area (Å²) in [5.41, 5.74) is 4.47. The minimum Gasteiger partial charge on any atom is -0.0858 e. The maximum Gasteiger partial charge on any atom is 0.139 e. The van der Waals surface area contributed by atoms with Gasteiger partial charge in [-0.1, -0.05) is 50.0 Å². The van der Waals surface area contributed by atoms with E-state index in [1.165, 1.54) is 16.6 Å². The Morgan fingerprint density at radius 2 is 1.75 bits per heavy atom. The fourth-order valence-corrected chi connectivity index (χ4v) is 1.21. The van der Waals surface area contributed by atoms with Gasteiger partial charge in [0.05, 0.1) is 0 Å². The van der Waals surface area contributed by atoms with Crippen molar-refractivity contribution in [3.63, 3.8) is 0 Å². The first kappa shape index (κ1) is 9.37. The maximum absolute atomic E-state index is 2.29. The van der Waals surface area contributed by atoms with E-state index in [1.807, 2.05) is 0 Å². The van der Waals surface area contributed by atoms with Crippen LogP contribution < -0.4 is 5.46 Å². The summed E-state index contributed by atoms with van der Waals surface area (Å²) in [7, 11) is 2.17. The molecule has 0 fully saturated rings. The Balaban J connectivity index is 3.14. The molecule has 1 aromatic rings. The first-order valence-electron chi connectivity index (χ1n) is 4.49. The van der Waals surface area contributed by atoms with Crippen molar-refractivity contribution in [3.8, 4) is 0 Å². The molecule has 0 nitrogen and oxygen atoms in total. The molecule has 0 aliphatic heterocycles. The van der Waals surface area contributed by atoms with Crippen LogP contribution in [0.3, 0.4) is 0 Å². The van der Waals surface area contributed by atoms with Crippen LogP contribution >= 0.6 is 0 Å². The van der Waals surface area contributed by atoms with Gasteiger partial charge in [0, 0.05) is 0 Å². The molecule has 1 rings (SSSR count). The van der Waals surface area contributed by atoms with Crippen molar-refractivity contribution in [3.05, 3.63) is 29.3 Å². The second kappa shape index (κ2) is 2.97. The van der Waals surface area contributed by atoms with E-state index in [9.17, 15) is 0 Å². The molecular formula is C11H17B. The fraction of sp³-hybridized carbons (Fsp3) is 0.455. The maximum atomic E-state index is 2.29. The van der Waals surface area contributed by atoms with Crippen LogP contribution in [0.2, 0.25) is 0 Å². The molecule has 0 aliphatic rings. The lowest BCUT2D eigenvalue weighted by Gasteiger charge is -2.20. The lowest BCUT2D eigenvalue weighted by atomic mass is 9.81. The molecule has 0 radical (unpaired) electrons. The van der Waals surface area contributed by atoms with Crippen molar-refractivity contribution in [2.75, 3.05) is 0 Å². The van der Waals surface area contributed by atoms with Gasteiger partial charge in [-0.25, -0.2) is 0 Å². The Bertz CT molecular complexity index is 282. The molecule has 0 aliphatic carbocycles. The van der Waals surface area contributed by atoms with Crippen LogP contribution in [-0.2, 0) is 5.41 Å². The van der Waals surface area contributed by atoms with Gasteiger partial charge in [-0.2, -0.15) is 0 Å². The van der Waals surface area contributed by atoms with Gasteiger partial charge in [0.2, 0.25) is 0 Å². The first-order chi connectivity index (χ1) is 5.41. The van der Waals surface area contributed by atoms with Gasteiger partial charge in [0.15, 0.2) is 0 Å². The minimum atomic E-state index is 0.276. The Morgan fingerprint density at radius 1 is 1.17 bits per heavy atom. The van der Waals surface area contributed by atoms with Crippen LogP contribution in [0.25, 0.3) is 0 Å². The van der Waals surface area contributed by atoms with Crippen molar-refractivity contribution < 1.29 is 0 Å². The van der Waals surface area contributed by atoms with Gasteiger partial charge < -0.3 is 0 Å². The Labute approximate surface area is 76.4 Å². The average molecular weight is 160 g/mol. The van der Waals surface area contributed by atoms with E-state index >= 15 is 0 Å². The van der Waals surface area contributed by atoms with Gasteiger partial charge in [-0.3, -0.25) is 0 Å². The molecule has 64 valence electrons. The number of benzene rings is 1. The zero-order chi connectivity index (χ0) is 9.35. The molecule has 0 spiro atoms. The van der Waals surface area contributed by atoms with Crippen LogP contribution in [0.5, 0.6) is 0 Å². The van der Waals surface area contributed by atoms with E-state index in [0.29, 0.717) is 0 Å². The topological polar surface area (TPSA) is 0 Å². The van der Waals surface area contributed by atoms with E-state index in [0.717, 1.165) is 0 Å². The molecule has 12 heavy (non-hydrogen) atoms. The first-order valence-corrected chi connectivity index (χ1v) is 4.49. The van der Waals surface area contributed by atoms with E-state index < -0.39 is 0 Å². The zero-order valence-electron chi connectivity index (χ0n) is 8.73. The molecule has 0 amide bonds. The fourth-order valence-electron chi connectivity index (χ4n) is 1.21. The summed E-state index contributed by atoms with van der Waals surface area (Å²) in [6.07, 6.45) is 0. The van der Waals surface area contributed by atoms with Crippen molar-refractivity contribution >= 4 is 13.3 Å². The summed E-state index contributed by atoms with van der Waals surface area (Å²) in [5, 5.41) is 0. The third-order valence-corrected chi connectivity index (χ3v) is 2.37. The third kappa shape index (κ3) is 1.91. The average Bonchev–Trinajstić information content (AvgIpc) is 1.92. The largest absolute Gasteiger partial charge is 0.139 e. The molecular weight excluding hydrogens is 143 g/mol. The predicted molar refractivity (Wildman–Crippen MR) is 58.1 cm³/mol. The normalized spacial score (nSPS) is 11.7. The molecule has 0 bridgehead atoms. The van der Waals surface area contributed by atoms with E-state index in [2.05, 4.69) is 53.7 Å². The molecule has 0 saturated carbocycles. The van der Waals surface area contributed by atoms with E-state index in [1.54, 1.807) is 0 Å². The lowest BCUT2D eigenvalue weighted by molar-refractivity contribution is 0.590. The van der Waals surface area contributed by atoms with E-state index in [-0.39, 0.29) is 5.41 Å². The summed E-state index contributed by atoms with van der Waals surface area (Å²) < 4.78 is 0. The smallest absolute Gasteiger partial charge is 0.0858 e. The van der Waals surface area contributed by atoms with Crippen molar-refractivity contribution in [1.82, 2.24) is 0 Å². The molecule has 0 N–H and O–H groups in total. The monoisotopic (exact) mass is 160 g/mol. The predicted octanol–water partition coefficient (Wildman–Crippen LogP) is 1.55. The number of rotatable bonds is 0. The van der Waals surface area contributed by atoms with Gasteiger partial charge in [-0.05, 0) is 17.9 Å². The summed E-state index contributed by atoms with van der Waals surface area (Å²) in [4.78, 5) is 0. The highest BCUT2D eigenvalue weighted by molar-refractivity contribution is 6.33.